The minimum atomic E-state index is 0.173. The Labute approximate surface area is 332 Å². The summed E-state index contributed by atoms with van der Waals surface area (Å²) in [5, 5.41) is 2.46. The lowest BCUT2D eigenvalue weighted by Gasteiger charge is -2.42. The molecule has 2 heteroatoms. The van der Waals surface area contributed by atoms with Crippen molar-refractivity contribution in [3.8, 4) is 22.3 Å². The van der Waals surface area contributed by atoms with Crippen molar-refractivity contribution in [2.45, 2.75) is 51.4 Å². The molecule has 0 aliphatic heterocycles. The summed E-state index contributed by atoms with van der Waals surface area (Å²) in [6.45, 7) is 9.60. The maximum absolute atomic E-state index is 2.46. The van der Waals surface area contributed by atoms with Crippen LogP contribution in [0.1, 0.15) is 51.7 Å². The van der Waals surface area contributed by atoms with Gasteiger partial charge in [0.05, 0.1) is 0 Å². The third-order valence-corrected chi connectivity index (χ3v) is 11.9. The number of rotatable bonds is 8. The average molecular weight is 725 g/mol. The molecule has 0 spiro atoms. The summed E-state index contributed by atoms with van der Waals surface area (Å²) in [7, 11) is 0. The Kier molecular flexibility index (Phi) is 9.06. The summed E-state index contributed by atoms with van der Waals surface area (Å²) in [5.74, 6) is 0. The van der Waals surface area contributed by atoms with Crippen LogP contribution in [-0.4, -0.2) is 0 Å². The quantitative estimate of drug-likeness (QED) is 0.154. The third kappa shape index (κ3) is 6.77. The van der Waals surface area contributed by atoms with Crippen LogP contribution in [0.15, 0.2) is 194 Å². The van der Waals surface area contributed by atoms with Gasteiger partial charge in [0.15, 0.2) is 0 Å². The summed E-state index contributed by atoms with van der Waals surface area (Å²) in [5.41, 5.74) is 15.0. The van der Waals surface area contributed by atoms with Gasteiger partial charge in [-0.1, -0.05) is 149 Å². The van der Waals surface area contributed by atoms with Crippen molar-refractivity contribution in [1.82, 2.24) is 0 Å². The van der Waals surface area contributed by atoms with Crippen molar-refractivity contribution in [1.29, 1.82) is 0 Å². The number of hydrogen-bond acceptors (Lipinski definition) is 2. The monoisotopic (exact) mass is 724 g/mol. The molecule has 9 rings (SSSR count). The zero-order chi connectivity index (χ0) is 38.3. The zero-order valence-electron chi connectivity index (χ0n) is 32.8. The van der Waals surface area contributed by atoms with Crippen molar-refractivity contribution >= 4 is 44.9 Å². The fourth-order valence-electron chi connectivity index (χ4n) is 8.54. The largest absolute Gasteiger partial charge is 0.311 e. The number of anilines is 6. The molecule has 0 amide bonds. The zero-order valence-corrected chi connectivity index (χ0v) is 32.8. The van der Waals surface area contributed by atoms with Crippen molar-refractivity contribution in [2.75, 3.05) is 9.80 Å². The summed E-state index contributed by atoms with van der Waals surface area (Å²) >= 11 is 0. The normalized spacial score (nSPS) is 14.2. The van der Waals surface area contributed by atoms with Gasteiger partial charge in [0.25, 0.3) is 0 Å². The summed E-state index contributed by atoms with van der Waals surface area (Å²) in [4.78, 5) is 4.67. The first kappa shape index (κ1) is 35.3. The molecular formula is C54H48N2. The standard InChI is InChI=1S/C54H48N2/c1-53(2)35-36-54(3,4)52-38-44(26-34-51(52)53)42-23-31-49(32-24-42)56(50-33-25-39-13-11-12-14-43(39)37-50)48-29-21-41(22-30-48)40-19-27-47(28-20-40)55(45-15-7-5-8-16-45)46-17-9-6-10-18-46/h5-34,37-38H,35-36H2,1-4H3. The molecule has 0 saturated heterocycles. The van der Waals surface area contributed by atoms with Crippen LogP contribution in [0.2, 0.25) is 0 Å². The van der Waals surface area contributed by atoms with Gasteiger partial charge in [0.1, 0.15) is 0 Å². The molecule has 8 aromatic rings. The molecule has 274 valence electrons. The van der Waals surface area contributed by atoms with E-state index in [-0.39, 0.29) is 10.8 Å². The average Bonchev–Trinajstić information content (AvgIpc) is 3.24. The number of hydrogen-bond donors (Lipinski definition) is 0. The maximum Gasteiger partial charge on any atom is 0.0468 e. The topological polar surface area (TPSA) is 6.48 Å². The fourth-order valence-corrected chi connectivity index (χ4v) is 8.54. The van der Waals surface area contributed by atoms with E-state index < -0.39 is 0 Å². The molecule has 0 atom stereocenters. The second kappa shape index (κ2) is 14.4. The lowest BCUT2D eigenvalue weighted by molar-refractivity contribution is 0.332. The van der Waals surface area contributed by atoms with E-state index in [9.17, 15) is 0 Å². The summed E-state index contributed by atoms with van der Waals surface area (Å²) in [6, 6.07) is 70.7. The number of fused-ring (bicyclic) bond motifs is 2. The Morgan fingerprint density at radius 3 is 1.20 bits per heavy atom. The van der Waals surface area contributed by atoms with Crippen LogP contribution in [0.5, 0.6) is 0 Å². The van der Waals surface area contributed by atoms with E-state index in [0.717, 1.165) is 34.1 Å². The minimum Gasteiger partial charge on any atom is -0.311 e. The van der Waals surface area contributed by atoms with E-state index in [1.54, 1.807) is 0 Å². The number of benzene rings is 8. The van der Waals surface area contributed by atoms with Gasteiger partial charge in [0, 0.05) is 34.1 Å². The van der Waals surface area contributed by atoms with Gasteiger partial charge in [0.2, 0.25) is 0 Å². The fraction of sp³-hybridized carbons (Fsp3) is 0.148. The Hall–Kier alpha value is -6.38. The van der Waals surface area contributed by atoms with Crippen LogP contribution in [0, 0.1) is 0 Å². The highest BCUT2D eigenvalue weighted by Crippen LogP contribution is 2.47. The second-order valence-corrected chi connectivity index (χ2v) is 16.5. The van der Waals surface area contributed by atoms with Gasteiger partial charge >= 0.3 is 0 Å². The molecule has 0 unspecified atom stereocenters. The highest BCUT2D eigenvalue weighted by molar-refractivity contribution is 5.90. The van der Waals surface area contributed by atoms with E-state index in [1.165, 1.54) is 57.0 Å². The Bertz CT molecular complexity index is 2560. The van der Waals surface area contributed by atoms with E-state index in [1.807, 2.05) is 0 Å². The lowest BCUT2D eigenvalue weighted by Crippen LogP contribution is -2.33. The molecule has 0 radical (unpaired) electrons. The highest BCUT2D eigenvalue weighted by atomic mass is 15.1. The molecule has 2 nitrogen and oxygen atoms in total. The molecule has 0 N–H and O–H groups in total. The number of nitrogens with zero attached hydrogens (tertiary/aromatic N) is 2. The third-order valence-electron chi connectivity index (χ3n) is 11.9. The lowest BCUT2D eigenvalue weighted by atomic mass is 9.63. The van der Waals surface area contributed by atoms with E-state index in [4.69, 9.17) is 0 Å². The molecule has 0 heterocycles. The minimum absolute atomic E-state index is 0.173. The van der Waals surface area contributed by atoms with Crippen LogP contribution in [-0.2, 0) is 10.8 Å². The van der Waals surface area contributed by atoms with Crippen LogP contribution >= 0.6 is 0 Å². The first-order valence-corrected chi connectivity index (χ1v) is 19.9. The molecular weight excluding hydrogens is 677 g/mol. The van der Waals surface area contributed by atoms with Crippen molar-refractivity contribution < 1.29 is 0 Å². The first-order valence-electron chi connectivity index (χ1n) is 19.9. The van der Waals surface area contributed by atoms with Gasteiger partial charge < -0.3 is 9.80 Å². The molecule has 0 aromatic heterocycles. The highest BCUT2D eigenvalue weighted by Gasteiger charge is 2.37. The van der Waals surface area contributed by atoms with Crippen molar-refractivity contribution in [2.24, 2.45) is 0 Å². The molecule has 1 aliphatic carbocycles. The van der Waals surface area contributed by atoms with Crippen LogP contribution < -0.4 is 9.80 Å². The van der Waals surface area contributed by atoms with E-state index >= 15 is 0 Å². The van der Waals surface area contributed by atoms with Crippen LogP contribution in [0.4, 0.5) is 34.1 Å². The molecule has 0 fully saturated rings. The van der Waals surface area contributed by atoms with Gasteiger partial charge in [-0.15, -0.1) is 0 Å². The Balaban J connectivity index is 1.05. The van der Waals surface area contributed by atoms with Gasteiger partial charge in [-0.3, -0.25) is 0 Å². The maximum atomic E-state index is 2.46. The Morgan fingerprint density at radius 1 is 0.304 bits per heavy atom. The van der Waals surface area contributed by atoms with E-state index in [0.29, 0.717) is 0 Å². The smallest absolute Gasteiger partial charge is 0.0468 e. The molecule has 56 heavy (non-hydrogen) atoms. The van der Waals surface area contributed by atoms with Crippen molar-refractivity contribution in [3.05, 3.63) is 205 Å². The summed E-state index contributed by atoms with van der Waals surface area (Å²) < 4.78 is 0. The van der Waals surface area contributed by atoms with Crippen molar-refractivity contribution in [3.63, 3.8) is 0 Å². The van der Waals surface area contributed by atoms with E-state index in [2.05, 4.69) is 232 Å². The molecule has 0 bridgehead atoms. The predicted molar refractivity (Wildman–Crippen MR) is 239 cm³/mol. The van der Waals surface area contributed by atoms with Crippen LogP contribution in [0.25, 0.3) is 33.0 Å². The Morgan fingerprint density at radius 2 is 0.679 bits per heavy atom. The second-order valence-electron chi connectivity index (χ2n) is 16.5. The SMILES string of the molecule is CC1(C)CCC(C)(C)c2cc(-c3ccc(N(c4ccc(-c5ccc(N(c6ccccc6)c6ccccc6)cc5)cc4)c4ccc5ccccc5c4)cc3)ccc21. The number of para-hydroxylation sites is 2. The first-order chi connectivity index (χ1) is 27.2. The van der Waals surface area contributed by atoms with Gasteiger partial charge in [-0.05, 0) is 141 Å². The molecule has 8 aromatic carbocycles. The molecule has 1 aliphatic rings. The van der Waals surface area contributed by atoms with Crippen LogP contribution in [0.3, 0.4) is 0 Å². The molecule has 0 saturated carbocycles. The predicted octanol–water partition coefficient (Wildman–Crippen LogP) is 15.5. The van der Waals surface area contributed by atoms with Gasteiger partial charge in [-0.2, -0.15) is 0 Å². The van der Waals surface area contributed by atoms with Gasteiger partial charge in [-0.25, -0.2) is 0 Å². The summed E-state index contributed by atoms with van der Waals surface area (Å²) in [6.07, 6.45) is 2.43.